The number of ether oxygens (including phenoxy) is 2. The van der Waals surface area contributed by atoms with E-state index in [4.69, 9.17) is 9.47 Å². The second kappa shape index (κ2) is 8.82. The Morgan fingerprint density at radius 1 is 1.12 bits per heavy atom. The molecule has 25 heavy (non-hydrogen) atoms. The third kappa shape index (κ3) is 5.60. The van der Waals surface area contributed by atoms with Crippen molar-refractivity contribution in [1.82, 2.24) is 5.32 Å². The van der Waals surface area contributed by atoms with Crippen LogP contribution in [0.3, 0.4) is 0 Å². The van der Waals surface area contributed by atoms with Gasteiger partial charge in [0.1, 0.15) is 11.6 Å². The number of carbonyl (C=O) groups excluding carboxylic acids is 2. The van der Waals surface area contributed by atoms with E-state index < -0.39 is 24.3 Å². The van der Waals surface area contributed by atoms with Crippen LogP contribution >= 0.6 is 0 Å². The molecule has 1 N–H and O–H groups in total. The van der Waals surface area contributed by atoms with Crippen molar-refractivity contribution in [2.75, 3.05) is 20.3 Å². The topological polar surface area (TPSA) is 64.6 Å². The standard InChI is InChI=1S/C19H20FNO4/c1-13-3-6-15(11-17(13)20)19(23)25-12-18(22)21-10-9-14-4-7-16(24-2)8-5-14/h3-8,11H,9-10,12H2,1-2H3,(H,21,22). The third-order valence-corrected chi connectivity index (χ3v) is 3.64. The first-order valence-corrected chi connectivity index (χ1v) is 7.82. The minimum Gasteiger partial charge on any atom is -0.497 e. The largest absolute Gasteiger partial charge is 0.497 e. The van der Waals surface area contributed by atoms with E-state index >= 15 is 0 Å². The van der Waals surface area contributed by atoms with Crippen LogP contribution in [0.2, 0.25) is 0 Å². The molecule has 0 fully saturated rings. The van der Waals surface area contributed by atoms with Crippen LogP contribution in [0.4, 0.5) is 4.39 Å². The van der Waals surface area contributed by atoms with E-state index in [0.29, 0.717) is 18.5 Å². The maximum Gasteiger partial charge on any atom is 0.338 e. The molecule has 0 saturated carbocycles. The van der Waals surface area contributed by atoms with Gasteiger partial charge in [-0.15, -0.1) is 0 Å². The molecule has 0 aromatic heterocycles. The molecule has 5 nitrogen and oxygen atoms in total. The predicted molar refractivity (Wildman–Crippen MR) is 91.1 cm³/mol. The normalized spacial score (nSPS) is 10.2. The minimum absolute atomic E-state index is 0.0779. The zero-order valence-corrected chi connectivity index (χ0v) is 14.2. The number of esters is 1. The van der Waals surface area contributed by atoms with Crippen LogP contribution in [0.1, 0.15) is 21.5 Å². The Kier molecular flexibility index (Phi) is 6.51. The van der Waals surface area contributed by atoms with Crippen molar-refractivity contribution < 1.29 is 23.5 Å². The average molecular weight is 345 g/mol. The summed E-state index contributed by atoms with van der Waals surface area (Å²) in [4.78, 5) is 23.5. The van der Waals surface area contributed by atoms with Gasteiger partial charge in [-0.3, -0.25) is 4.79 Å². The zero-order valence-electron chi connectivity index (χ0n) is 14.2. The first-order chi connectivity index (χ1) is 12.0. The lowest BCUT2D eigenvalue weighted by atomic mass is 10.1. The van der Waals surface area contributed by atoms with Gasteiger partial charge in [0.05, 0.1) is 12.7 Å². The molecule has 0 spiro atoms. The molecule has 0 bridgehead atoms. The van der Waals surface area contributed by atoms with Gasteiger partial charge < -0.3 is 14.8 Å². The number of aryl methyl sites for hydroxylation is 1. The quantitative estimate of drug-likeness (QED) is 0.784. The summed E-state index contributed by atoms with van der Waals surface area (Å²) in [5.41, 5.74) is 1.56. The van der Waals surface area contributed by atoms with E-state index in [1.54, 1.807) is 14.0 Å². The predicted octanol–water partition coefficient (Wildman–Crippen LogP) is 2.66. The molecule has 2 aromatic rings. The molecule has 0 heterocycles. The molecule has 2 aromatic carbocycles. The molecule has 0 aliphatic rings. The Bertz CT molecular complexity index is 744. The fourth-order valence-electron chi connectivity index (χ4n) is 2.12. The lowest BCUT2D eigenvalue weighted by Gasteiger charge is -2.08. The van der Waals surface area contributed by atoms with E-state index in [1.807, 2.05) is 24.3 Å². The maximum absolute atomic E-state index is 13.4. The van der Waals surface area contributed by atoms with Gasteiger partial charge in [0.2, 0.25) is 0 Å². The smallest absolute Gasteiger partial charge is 0.338 e. The highest BCUT2D eigenvalue weighted by Crippen LogP contribution is 2.11. The van der Waals surface area contributed by atoms with E-state index in [2.05, 4.69) is 5.32 Å². The first-order valence-electron chi connectivity index (χ1n) is 7.82. The Morgan fingerprint density at radius 2 is 1.84 bits per heavy atom. The van der Waals surface area contributed by atoms with E-state index in [9.17, 15) is 14.0 Å². The molecule has 0 saturated heterocycles. The highest BCUT2D eigenvalue weighted by Gasteiger charge is 2.11. The van der Waals surface area contributed by atoms with Gasteiger partial charge in [-0.05, 0) is 48.7 Å². The Balaban J connectivity index is 1.72. The van der Waals surface area contributed by atoms with Gasteiger partial charge in [0.25, 0.3) is 5.91 Å². The van der Waals surface area contributed by atoms with E-state index in [-0.39, 0.29) is 5.56 Å². The fourth-order valence-corrected chi connectivity index (χ4v) is 2.12. The van der Waals surface area contributed by atoms with Crippen LogP contribution in [-0.4, -0.2) is 32.1 Å². The van der Waals surface area contributed by atoms with Crippen LogP contribution in [0.15, 0.2) is 42.5 Å². The summed E-state index contributed by atoms with van der Waals surface area (Å²) < 4.78 is 23.4. The molecule has 2 rings (SSSR count). The van der Waals surface area contributed by atoms with Crippen LogP contribution in [0.5, 0.6) is 5.75 Å². The highest BCUT2D eigenvalue weighted by molar-refractivity contribution is 5.91. The molecular formula is C19H20FNO4. The zero-order chi connectivity index (χ0) is 18.2. The summed E-state index contributed by atoms with van der Waals surface area (Å²) in [7, 11) is 1.60. The third-order valence-electron chi connectivity index (χ3n) is 3.64. The molecule has 132 valence electrons. The summed E-state index contributed by atoms with van der Waals surface area (Å²) in [5, 5.41) is 2.67. The van der Waals surface area contributed by atoms with Crippen LogP contribution in [-0.2, 0) is 16.0 Å². The molecule has 1 amide bonds. The van der Waals surface area contributed by atoms with Gasteiger partial charge in [0, 0.05) is 6.54 Å². The van der Waals surface area contributed by atoms with Crippen molar-refractivity contribution in [2.24, 2.45) is 0 Å². The second-order valence-electron chi connectivity index (χ2n) is 5.49. The molecule has 0 aliphatic heterocycles. The number of methoxy groups -OCH3 is 1. The number of hydrogen-bond donors (Lipinski definition) is 1. The Hall–Kier alpha value is -2.89. The van der Waals surface area contributed by atoms with Gasteiger partial charge >= 0.3 is 5.97 Å². The van der Waals surface area contributed by atoms with Gasteiger partial charge in [-0.2, -0.15) is 0 Å². The van der Waals surface area contributed by atoms with Crippen molar-refractivity contribution in [3.8, 4) is 5.75 Å². The average Bonchev–Trinajstić information content (AvgIpc) is 2.62. The second-order valence-corrected chi connectivity index (χ2v) is 5.49. The fraction of sp³-hybridized carbons (Fsp3) is 0.263. The summed E-state index contributed by atoms with van der Waals surface area (Å²) in [6.07, 6.45) is 0.646. The van der Waals surface area contributed by atoms with Crippen molar-refractivity contribution in [2.45, 2.75) is 13.3 Å². The van der Waals surface area contributed by atoms with Gasteiger partial charge in [0.15, 0.2) is 6.61 Å². The monoisotopic (exact) mass is 345 g/mol. The number of halogens is 1. The molecule has 0 aliphatic carbocycles. The molecule has 0 radical (unpaired) electrons. The summed E-state index contributed by atoms with van der Waals surface area (Å²) >= 11 is 0. The number of amides is 1. The van der Waals surface area contributed by atoms with Crippen molar-refractivity contribution in [1.29, 1.82) is 0 Å². The number of rotatable bonds is 7. The van der Waals surface area contributed by atoms with Crippen molar-refractivity contribution in [3.05, 3.63) is 65.0 Å². The number of nitrogens with one attached hydrogen (secondary N) is 1. The summed E-state index contributed by atoms with van der Waals surface area (Å²) in [6.45, 7) is 1.61. The van der Waals surface area contributed by atoms with E-state index in [0.717, 1.165) is 17.4 Å². The van der Waals surface area contributed by atoms with Crippen molar-refractivity contribution >= 4 is 11.9 Å². The number of hydrogen-bond acceptors (Lipinski definition) is 4. The summed E-state index contributed by atoms with van der Waals surface area (Å²) in [5.74, 6) is -0.857. The van der Waals surface area contributed by atoms with Crippen LogP contribution in [0.25, 0.3) is 0 Å². The Labute approximate surface area is 145 Å². The number of carbonyl (C=O) groups is 2. The van der Waals surface area contributed by atoms with Crippen molar-refractivity contribution in [3.63, 3.8) is 0 Å². The maximum atomic E-state index is 13.4. The molecule has 0 atom stereocenters. The lowest BCUT2D eigenvalue weighted by Crippen LogP contribution is -2.30. The Morgan fingerprint density at radius 3 is 2.48 bits per heavy atom. The highest BCUT2D eigenvalue weighted by atomic mass is 19.1. The SMILES string of the molecule is COc1ccc(CCNC(=O)COC(=O)c2ccc(C)c(F)c2)cc1. The van der Waals surface area contributed by atoms with Gasteiger partial charge in [-0.1, -0.05) is 18.2 Å². The molecule has 0 unspecified atom stereocenters. The molecular weight excluding hydrogens is 325 g/mol. The number of benzene rings is 2. The first kappa shape index (κ1) is 18.4. The van der Waals surface area contributed by atoms with Gasteiger partial charge in [-0.25, -0.2) is 9.18 Å². The van der Waals surface area contributed by atoms with Crippen LogP contribution < -0.4 is 10.1 Å². The minimum atomic E-state index is -0.732. The van der Waals surface area contributed by atoms with E-state index in [1.165, 1.54) is 12.1 Å². The van der Waals surface area contributed by atoms with Crippen LogP contribution in [0, 0.1) is 12.7 Å². The molecule has 6 heteroatoms. The lowest BCUT2D eigenvalue weighted by molar-refractivity contribution is -0.124. The summed E-state index contributed by atoms with van der Waals surface area (Å²) in [6, 6.07) is 11.6.